The van der Waals surface area contributed by atoms with E-state index in [1.807, 2.05) is 6.92 Å². The number of nitrogens with one attached hydrogen (secondary N) is 2. The number of benzene rings is 1. The van der Waals surface area contributed by atoms with E-state index in [4.69, 9.17) is 5.73 Å². The summed E-state index contributed by atoms with van der Waals surface area (Å²) >= 11 is 0. The van der Waals surface area contributed by atoms with E-state index in [0.717, 1.165) is 5.56 Å². The van der Waals surface area contributed by atoms with E-state index in [2.05, 4.69) is 17.6 Å². The average Bonchev–Trinajstić information content (AvgIpc) is 2.40. The topological polar surface area (TPSA) is 101 Å². The largest absolute Gasteiger partial charge is 0.370 e. The van der Waals surface area contributed by atoms with Gasteiger partial charge in [-0.25, -0.2) is 0 Å². The molecule has 0 heterocycles. The Morgan fingerprint density at radius 3 is 2.38 bits per heavy atom. The highest BCUT2D eigenvalue weighted by atomic mass is 16.2. The van der Waals surface area contributed by atoms with Crippen LogP contribution in [0.3, 0.4) is 0 Å². The van der Waals surface area contributed by atoms with Crippen molar-refractivity contribution in [2.45, 2.75) is 32.2 Å². The lowest BCUT2D eigenvalue weighted by atomic mass is 10.1. The van der Waals surface area contributed by atoms with E-state index >= 15 is 0 Å². The second kappa shape index (κ2) is 8.04. The second-order valence-electron chi connectivity index (χ2n) is 4.73. The summed E-state index contributed by atoms with van der Waals surface area (Å²) in [7, 11) is 0. The van der Waals surface area contributed by atoms with Crippen LogP contribution >= 0.6 is 0 Å². The van der Waals surface area contributed by atoms with Crippen LogP contribution in [0.4, 0.5) is 5.69 Å². The van der Waals surface area contributed by atoms with Gasteiger partial charge in [-0.05, 0) is 31.0 Å². The molecule has 1 atom stereocenters. The molecule has 0 bridgehead atoms. The van der Waals surface area contributed by atoms with Crippen molar-refractivity contribution >= 4 is 23.4 Å². The number of hydrogen-bond acceptors (Lipinski definition) is 3. The number of primary amides is 1. The number of carbonyl (C=O) groups excluding carboxylic acids is 3. The molecule has 113 valence electrons. The summed E-state index contributed by atoms with van der Waals surface area (Å²) in [6.07, 6.45) is 0.704. The van der Waals surface area contributed by atoms with Crippen LogP contribution < -0.4 is 16.4 Å². The van der Waals surface area contributed by atoms with Gasteiger partial charge < -0.3 is 16.4 Å². The predicted molar refractivity (Wildman–Crippen MR) is 80.2 cm³/mol. The Balaban J connectivity index is 2.72. The van der Waals surface area contributed by atoms with Crippen molar-refractivity contribution in [1.29, 1.82) is 0 Å². The van der Waals surface area contributed by atoms with Crippen LogP contribution in [0.5, 0.6) is 0 Å². The molecular weight excluding hydrogens is 270 g/mol. The summed E-state index contributed by atoms with van der Waals surface area (Å²) in [6.45, 7) is 5.59. The fraction of sp³-hybridized carbons (Fsp3) is 0.333. The van der Waals surface area contributed by atoms with Crippen LogP contribution in [0.1, 0.15) is 31.7 Å². The van der Waals surface area contributed by atoms with Crippen molar-refractivity contribution in [3.8, 4) is 0 Å². The third kappa shape index (κ3) is 6.07. The van der Waals surface area contributed by atoms with E-state index < -0.39 is 17.9 Å². The molecule has 0 saturated heterocycles. The van der Waals surface area contributed by atoms with E-state index in [0.29, 0.717) is 18.5 Å². The second-order valence-corrected chi connectivity index (χ2v) is 4.73. The van der Waals surface area contributed by atoms with Crippen molar-refractivity contribution in [3.05, 3.63) is 36.8 Å². The molecule has 1 rings (SSSR count). The highest BCUT2D eigenvalue weighted by Crippen LogP contribution is 2.09. The minimum absolute atomic E-state index is 0.241. The van der Waals surface area contributed by atoms with Crippen molar-refractivity contribution in [2.75, 3.05) is 5.32 Å². The summed E-state index contributed by atoms with van der Waals surface area (Å²) in [5, 5.41) is 5.15. The molecule has 0 saturated carbocycles. The molecule has 0 unspecified atom stereocenters. The van der Waals surface area contributed by atoms with E-state index in [9.17, 15) is 14.4 Å². The quantitative estimate of drug-likeness (QED) is 0.697. The van der Waals surface area contributed by atoms with Crippen LogP contribution in [-0.4, -0.2) is 23.8 Å². The van der Waals surface area contributed by atoms with Gasteiger partial charge in [0, 0.05) is 12.1 Å². The minimum Gasteiger partial charge on any atom is -0.370 e. The zero-order valence-electron chi connectivity index (χ0n) is 12.0. The Hall–Kier alpha value is -2.37. The maximum Gasteiger partial charge on any atom is 0.247 e. The van der Waals surface area contributed by atoms with Crippen LogP contribution in [0.25, 0.3) is 0 Å². The predicted octanol–water partition coefficient (Wildman–Crippen LogP) is 0.968. The van der Waals surface area contributed by atoms with Crippen molar-refractivity contribution < 1.29 is 14.4 Å². The first-order chi connectivity index (χ1) is 9.92. The lowest BCUT2D eigenvalue weighted by molar-refractivity contribution is -0.128. The zero-order chi connectivity index (χ0) is 15.8. The molecule has 0 fully saturated rings. The molecule has 3 amide bonds. The van der Waals surface area contributed by atoms with Gasteiger partial charge in [0.05, 0.1) is 6.42 Å². The van der Waals surface area contributed by atoms with E-state index in [1.165, 1.54) is 0 Å². The molecule has 6 nitrogen and oxygen atoms in total. The lowest BCUT2D eigenvalue weighted by Gasteiger charge is -2.17. The molecule has 1 aromatic carbocycles. The van der Waals surface area contributed by atoms with Gasteiger partial charge in [-0.3, -0.25) is 14.4 Å². The Labute approximate surface area is 124 Å². The molecule has 0 spiro atoms. The molecule has 21 heavy (non-hydrogen) atoms. The van der Waals surface area contributed by atoms with Crippen LogP contribution in [-0.2, 0) is 14.4 Å². The Kier molecular flexibility index (Phi) is 6.39. The summed E-state index contributed by atoms with van der Waals surface area (Å²) in [6, 6.07) is 5.90. The fourth-order valence-electron chi connectivity index (χ4n) is 1.72. The lowest BCUT2D eigenvalue weighted by Crippen LogP contribution is -2.45. The van der Waals surface area contributed by atoms with Crippen molar-refractivity contribution in [3.63, 3.8) is 0 Å². The standard InChI is InChI=1S/C15H20N3O3/c1-3-4-14(20)18-12(9-13(16)19)15(21)17-11-7-5-10(2)6-8-11/h5-8,12H,2-4,9H2,1H3,(H2,16,19)(H,17,21)(H,18,20)/t12-/m1/s1. The SMILES string of the molecule is [CH2]c1ccc(NC(=O)[C@@H](CC(N)=O)NC(=O)CCC)cc1. The average molecular weight is 290 g/mol. The van der Waals surface area contributed by atoms with Gasteiger partial charge in [0.2, 0.25) is 17.7 Å². The summed E-state index contributed by atoms with van der Waals surface area (Å²) in [4.78, 5) is 34.7. The Bertz CT molecular complexity index is 511. The number of carbonyl (C=O) groups is 3. The van der Waals surface area contributed by atoms with Crippen molar-refractivity contribution in [1.82, 2.24) is 5.32 Å². The summed E-state index contributed by atoms with van der Waals surface area (Å²) < 4.78 is 0. The first-order valence-corrected chi connectivity index (χ1v) is 6.73. The monoisotopic (exact) mass is 290 g/mol. The van der Waals surface area contributed by atoms with Gasteiger partial charge in [0.1, 0.15) is 6.04 Å². The third-order valence-electron chi connectivity index (χ3n) is 2.76. The highest BCUT2D eigenvalue weighted by Gasteiger charge is 2.22. The molecule has 6 heteroatoms. The maximum absolute atomic E-state index is 12.1. The molecule has 0 aliphatic rings. The summed E-state index contributed by atoms with van der Waals surface area (Å²) in [5.74, 6) is -1.41. The Morgan fingerprint density at radius 1 is 1.24 bits per heavy atom. The molecule has 4 N–H and O–H groups in total. The smallest absolute Gasteiger partial charge is 0.247 e. The molecule has 1 radical (unpaired) electrons. The van der Waals surface area contributed by atoms with Gasteiger partial charge in [-0.15, -0.1) is 0 Å². The van der Waals surface area contributed by atoms with E-state index in [-0.39, 0.29) is 12.3 Å². The number of nitrogens with two attached hydrogens (primary N) is 1. The molecule has 1 aromatic rings. The number of anilines is 1. The highest BCUT2D eigenvalue weighted by molar-refractivity contribution is 5.99. The molecule has 0 aliphatic heterocycles. The number of hydrogen-bond donors (Lipinski definition) is 3. The van der Waals surface area contributed by atoms with Crippen LogP contribution in [0.15, 0.2) is 24.3 Å². The van der Waals surface area contributed by atoms with Gasteiger partial charge in [-0.2, -0.15) is 0 Å². The normalized spacial score (nSPS) is 11.5. The molecular formula is C15H20N3O3. The molecule has 0 aliphatic carbocycles. The number of rotatable bonds is 7. The maximum atomic E-state index is 12.1. The van der Waals surface area contributed by atoms with Gasteiger partial charge in [0.15, 0.2) is 0 Å². The zero-order valence-corrected chi connectivity index (χ0v) is 12.0. The van der Waals surface area contributed by atoms with Crippen LogP contribution in [0.2, 0.25) is 0 Å². The summed E-state index contributed by atoms with van der Waals surface area (Å²) in [5.41, 5.74) is 6.49. The van der Waals surface area contributed by atoms with Gasteiger partial charge in [-0.1, -0.05) is 19.1 Å². The number of amides is 3. The van der Waals surface area contributed by atoms with Gasteiger partial charge >= 0.3 is 0 Å². The minimum atomic E-state index is -0.971. The van der Waals surface area contributed by atoms with Crippen molar-refractivity contribution in [2.24, 2.45) is 5.73 Å². The first kappa shape index (κ1) is 16.7. The van der Waals surface area contributed by atoms with Crippen LogP contribution in [0, 0.1) is 6.92 Å². The molecule has 0 aromatic heterocycles. The van der Waals surface area contributed by atoms with E-state index in [1.54, 1.807) is 24.3 Å². The Morgan fingerprint density at radius 2 is 1.86 bits per heavy atom. The first-order valence-electron chi connectivity index (χ1n) is 6.73. The third-order valence-corrected chi connectivity index (χ3v) is 2.76. The van der Waals surface area contributed by atoms with Gasteiger partial charge in [0.25, 0.3) is 0 Å². The fourth-order valence-corrected chi connectivity index (χ4v) is 1.72.